The minimum absolute atomic E-state index is 0.0845. The van der Waals surface area contributed by atoms with Crippen LogP contribution in [0.15, 0.2) is 47.6 Å². The fourth-order valence-electron chi connectivity index (χ4n) is 2.00. The molecule has 3 nitrogen and oxygen atoms in total. The fraction of sp³-hybridized carbons (Fsp3) is 0.200. The standard InChI is InChI=1S/C15H11ClF3N3S/c1-22(23-13-6-10(7-20)8-21-9-13)14(15(17,18)19)11-2-4-12(16)5-3-11/h2-6,8-9,14H,1H3/t14-/m1/s1. The highest BCUT2D eigenvalue weighted by Crippen LogP contribution is 2.41. The summed E-state index contributed by atoms with van der Waals surface area (Å²) in [6.07, 6.45) is -1.70. The quantitative estimate of drug-likeness (QED) is 0.733. The van der Waals surface area contributed by atoms with Crippen LogP contribution in [-0.4, -0.2) is 22.5 Å². The molecule has 8 heteroatoms. The van der Waals surface area contributed by atoms with Crippen LogP contribution in [0.25, 0.3) is 0 Å². The third-order valence-electron chi connectivity index (χ3n) is 2.95. The van der Waals surface area contributed by atoms with Gasteiger partial charge in [-0.2, -0.15) is 18.4 Å². The molecule has 0 aliphatic rings. The molecule has 1 heterocycles. The van der Waals surface area contributed by atoms with Gasteiger partial charge in [0.1, 0.15) is 12.1 Å². The lowest BCUT2D eigenvalue weighted by atomic mass is 10.1. The molecule has 0 saturated heterocycles. The van der Waals surface area contributed by atoms with Gasteiger partial charge in [0.2, 0.25) is 0 Å². The van der Waals surface area contributed by atoms with Gasteiger partial charge in [-0.3, -0.25) is 4.98 Å². The average Bonchev–Trinajstić information content (AvgIpc) is 2.48. The van der Waals surface area contributed by atoms with Crippen LogP contribution >= 0.6 is 23.5 Å². The van der Waals surface area contributed by atoms with E-state index in [1.165, 1.54) is 49.8 Å². The van der Waals surface area contributed by atoms with Crippen LogP contribution in [-0.2, 0) is 0 Å². The maximum atomic E-state index is 13.4. The van der Waals surface area contributed by atoms with Crippen molar-refractivity contribution in [2.24, 2.45) is 0 Å². The van der Waals surface area contributed by atoms with E-state index in [2.05, 4.69) is 4.98 Å². The lowest BCUT2D eigenvalue weighted by molar-refractivity contribution is -0.169. The summed E-state index contributed by atoms with van der Waals surface area (Å²) in [7, 11) is 1.34. The van der Waals surface area contributed by atoms with Crippen LogP contribution < -0.4 is 0 Å². The van der Waals surface area contributed by atoms with Crippen LogP contribution in [0.3, 0.4) is 0 Å². The second kappa shape index (κ2) is 7.21. The van der Waals surface area contributed by atoms with E-state index in [-0.39, 0.29) is 5.56 Å². The number of pyridine rings is 1. The lowest BCUT2D eigenvalue weighted by Gasteiger charge is -2.29. The minimum Gasteiger partial charge on any atom is -0.262 e. The lowest BCUT2D eigenvalue weighted by Crippen LogP contribution is -2.31. The molecule has 1 aromatic heterocycles. The highest BCUT2D eigenvalue weighted by molar-refractivity contribution is 7.97. The van der Waals surface area contributed by atoms with Crippen LogP contribution in [0, 0.1) is 11.3 Å². The second-order valence-corrected chi connectivity index (χ2v) is 6.32. The van der Waals surface area contributed by atoms with Gasteiger partial charge in [0.25, 0.3) is 0 Å². The van der Waals surface area contributed by atoms with E-state index in [9.17, 15) is 13.2 Å². The van der Waals surface area contributed by atoms with E-state index in [0.29, 0.717) is 15.5 Å². The smallest absolute Gasteiger partial charge is 0.262 e. The summed E-state index contributed by atoms with van der Waals surface area (Å²) < 4.78 is 41.4. The van der Waals surface area contributed by atoms with Crippen molar-refractivity contribution in [2.45, 2.75) is 17.1 Å². The van der Waals surface area contributed by atoms with Crippen molar-refractivity contribution >= 4 is 23.5 Å². The van der Waals surface area contributed by atoms with Crippen LogP contribution in [0.1, 0.15) is 17.2 Å². The minimum atomic E-state index is -4.46. The number of hydrogen-bond donors (Lipinski definition) is 0. The highest BCUT2D eigenvalue weighted by atomic mass is 35.5. The van der Waals surface area contributed by atoms with Crippen LogP contribution in [0.2, 0.25) is 5.02 Å². The molecule has 0 radical (unpaired) electrons. The SMILES string of the molecule is CN(Sc1cncc(C#N)c1)[C@H](c1ccc(Cl)cc1)C(F)(F)F. The highest BCUT2D eigenvalue weighted by Gasteiger charge is 2.44. The Bertz CT molecular complexity index is 713. The summed E-state index contributed by atoms with van der Waals surface area (Å²) >= 11 is 6.61. The van der Waals surface area contributed by atoms with Crippen molar-refractivity contribution in [3.05, 3.63) is 58.9 Å². The van der Waals surface area contributed by atoms with Gasteiger partial charge in [0.15, 0.2) is 0 Å². The molecule has 0 aliphatic heterocycles. The molecule has 0 fully saturated rings. The largest absolute Gasteiger partial charge is 0.408 e. The maximum absolute atomic E-state index is 13.4. The van der Waals surface area contributed by atoms with E-state index in [4.69, 9.17) is 16.9 Å². The van der Waals surface area contributed by atoms with Gasteiger partial charge >= 0.3 is 6.18 Å². The fourth-order valence-corrected chi connectivity index (χ4v) is 3.09. The monoisotopic (exact) mass is 357 g/mol. The summed E-state index contributed by atoms with van der Waals surface area (Å²) in [5, 5.41) is 9.20. The number of nitrogens with zero attached hydrogens (tertiary/aromatic N) is 3. The molecule has 0 bridgehead atoms. The first-order valence-electron chi connectivity index (χ1n) is 6.39. The second-order valence-electron chi connectivity index (χ2n) is 4.65. The van der Waals surface area contributed by atoms with Crippen LogP contribution in [0.4, 0.5) is 13.2 Å². The Labute approximate surface area is 140 Å². The van der Waals surface area contributed by atoms with E-state index < -0.39 is 12.2 Å². The number of aromatic nitrogens is 1. The number of halogens is 4. The zero-order valence-electron chi connectivity index (χ0n) is 11.9. The Morgan fingerprint density at radius 3 is 2.48 bits per heavy atom. The molecule has 120 valence electrons. The molecule has 0 N–H and O–H groups in total. The zero-order chi connectivity index (χ0) is 17.0. The van der Waals surface area contributed by atoms with Gasteiger partial charge in [-0.25, -0.2) is 4.31 Å². The van der Waals surface area contributed by atoms with Crippen molar-refractivity contribution in [3.8, 4) is 6.07 Å². The molecule has 2 aromatic rings. The first-order valence-corrected chi connectivity index (χ1v) is 7.54. The van der Waals surface area contributed by atoms with Gasteiger partial charge in [-0.1, -0.05) is 23.7 Å². The molecule has 23 heavy (non-hydrogen) atoms. The van der Waals surface area contributed by atoms with Gasteiger partial charge in [0.05, 0.1) is 5.56 Å². The maximum Gasteiger partial charge on any atom is 0.408 e. The normalized spacial score (nSPS) is 12.9. The summed E-state index contributed by atoms with van der Waals surface area (Å²) in [4.78, 5) is 4.30. The molecule has 1 aromatic carbocycles. The summed E-state index contributed by atoms with van der Waals surface area (Å²) in [5.41, 5.74) is 0.375. The zero-order valence-corrected chi connectivity index (χ0v) is 13.5. The molecule has 0 spiro atoms. The Balaban J connectivity index is 2.28. The van der Waals surface area contributed by atoms with E-state index in [1.54, 1.807) is 0 Å². The number of rotatable bonds is 4. The van der Waals surface area contributed by atoms with E-state index in [0.717, 1.165) is 16.3 Å². The molecule has 2 rings (SSSR count). The van der Waals surface area contributed by atoms with Gasteiger partial charge < -0.3 is 0 Å². The third kappa shape index (κ3) is 4.61. The van der Waals surface area contributed by atoms with Crippen LogP contribution in [0.5, 0.6) is 0 Å². The Kier molecular flexibility index (Phi) is 5.52. The number of benzene rings is 1. The topological polar surface area (TPSA) is 39.9 Å². The van der Waals surface area contributed by atoms with E-state index >= 15 is 0 Å². The summed E-state index contributed by atoms with van der Waals surface area (Å²) in [5.74, 6) is 0. The molecule has 0 aliphatic carbocycles. The molecule has 0 saturated carbocycles. The average molecular weight is 358 g/mol. The third-order valence-corrected chi connectivity index (χ3v) is 4.14. The Morgan fingerprint density at radius 2 is 1.91 bits per heavy atom. The number of hydrogen-bond acceptors (Lipinski definition) is 4. The molecular weight excluding hydrogens is 347 g/mol. The van der Waals surface area contributed by atoms with Crippen molar-refractivity contribution in [2.75, 3.05) is 7.05 Å². The number of nitriles is 1. The summed E-state index contributed by atoms with van der Waals surface area (Å²) in [6.45, 7) is 0. The molecular formula is C15H11ClF3N3S. The van der Waals surface area contributed by atoms with E-state index in [1.807, 2.05) is 6.07 Å². The predicted molar refractivity (Wildman–Crippen MR) is 82.8 cm³/mol. The predicted octanol–water partition coefficient (Wildman–Crippen LogP) is 4.85. The molecule has 1 atom stereocenters. The van der Waals surface area contributed by atoms with Gasteiger partial charge in [-0.05, 0) is 42.8 Å². The first-order chi connectivity index (χ1) is 10.8. The first kappa shape index (κ1) is 17.6. The Hall–Kier alpha value is -1.75. The number of alkyl halides is 3. The van der Waals surface area contributed by atoms with Crippen molar-refractivity contribution in [3.63, 3.8) is 0 Å². The van der Waals surface area contributed by atoms with Crippen molar-refractivity contribution in [1.82, 2.24) is 9.29 Å². The van der Waals surface area contributed by atoms with Crippen molar-refractivity contribution in [1.29, 1.82) is 5.26 Å². The van der Waals surface area contributed by atoms with Crippen molar-refractivity contribution < 1.29 is 13.2 Å². The molecule has 0 amide bonds. The Morgan fingerprint density at radius 1 is 1.26 bits per heavy atom. The molecule has 0 unspecified atom stereocenters. The van der Waals surface area contributed by atoms with Gasteiger partial charge in [0, 0.05) is 22.3 Å². The summed E-state index contributed by atoms with van der Waals surface area (Å²) in [6, 6.07) is 7.13. The van der Waals surface area contributed by atoms with Gasteiger partial charge in [-0.15, -0.1) is 0 Å².